The van der Waals surface area contributed by atoms with Gasteiger partial charge in [0.2, 0.25) is 0 Å². The minimum absolute atomic E-state index is 0.854. The van der Waals surface area contributed by atoms with Crippen LogP contribution in [-0.4, -0.2) is 0 Å². The number of hydrogen-bond acceptors (Lipinski definition) is 1. The molecule has 0 aromatic heterocycles. The molecular weight excluding hydrogens is 603 g/mol. The number of anilines is 1. The monoisotopic (exact) mass is 647 g/mol. The van der Waals surface area contributed by atoms with E-state index in [1.54, 1.807) is 0 Å². The Morgan fingerprint density at radius 1 is 0.680 bits per heavy atom. The minimum Gasteiger partial charge on any atom is -0.314 e. The molecule has 246 valence electrons. The van der Waals surface area contributed by atoms with Crippen molar-refractivity contribution >= 4 is 55.2 Å². The highest BCUT2D eigenvalue weighted by Gasteiger charge is 2.19. The van der Waals surface area contributed by atoms with Crippen LogP contribution in [0, 0.1) is 0 Å². The molecule has 1 aliphatic carbocycles. The molecule has 0 aliphatic heterocycles. The largest absolute Gasteiger partial charge is 0.314 e. The number of nitrogens with zero attached hydrogens (tertiary/aromatic N) is 1. The van der Waals surface area contributed by atoms with E-state index in [9.17, 15) is 0 Å². The Morgan fingerprint density at radius 2 is 1.36 bits per heavy atom. The van der Waals surface area contributed by atoms with Crippen molar-refractivity contribution in [3.63, 3.8) is 0 Å². The summed E-state index contributed by atoms with van der Waals surface area (Å²) >= 11 is 0. The van der Waals surface area contributed by atoms with Crippen molar-refractivity contribution in [1.29, 1.82) is 0 Å². The lowest BCUT2D eigenvalue weighted by atomic mass is 9.90. The average molecular weight is 648 g/mol. The van der Waals surface area contributed by atoms with E-state index in [1.165, 1.54) is 71.5 Å². The molecule has 0 spiro atoms. The zero-order chi connectivity index (χ0) is 34.5. The standard InChI is InChI=1S/C49H45N/c1-5-36(43-29-17-22-38-19-9-12-24-45(38)43)31-33-41(7-3)50(49-34-39-20-10-13-25-46(39)47-26-14-15-27-48(47)49)40(6-2)32-30-35(4)42-28-16-21-37-18-8-11-23-44(37)42/h6,9-17,19-34H,4-5,7-8,18H2,1-3H3/b32-30-,36-31+,40-6+,41-33+. The van der Waals surface area contributed by atoms with Gasteiger partial charge < -0.3 is 4.90 Å². The van der Waals surface area contributed by atoms with Crippen LogP contribution in [0.4, 0.5) is 5.69 Å². The van der Waals surface area contributed by atoms with Crippen LogP contribution in [0.3, 0.4) is 0 Å². The van der Waals surface area contributed by atoms with Crippen molar-refractivity contribution in [2.45, 2.75) is 46.5 Å². The Morgan fingerprint density at radius 3 is 2.14 bits per heavy atom. The SMILES string of the molecule is C=C(/C=C\C(=C/C)N(/C(=C/C=C(\CC)c1cccc2ccccc12)CC)c1cc2ccccc2c2ccccc12)c1cccc2c1C=CCC2. The van der Waals surface area contributed by atoms with Crippen molar-refractivity contribution in [1.82, 2.24) is 0 Å². The smallest absolute Gasteiger partial charge is 0.0543 e. The number of hydrogen-bond donors (Lipinski definition) is 0. The third kappa shape index (κ3) is 6.40. The molecule has 1 aliphatic rings. The number of allylic oxidation sites excluding steroid dienone is 9. The molecule has 0 atom stereocenters. The highest BCUT2D eigenvalue weighted by molar-refractivity contribution is 6.13. The van der Waals surface area contributed by atoms with Gasteiger partial charge in [-0.3, -0.25) is 0 Å². The van der Waals surface area contributed by atoms with E-state index in [0.29, 0.717) is 0 Å². The second kappa shape index (κ2) is 14.8. The van der Waals surface area contributed by atoms with Crippen molar-refractivity contribution in [3.05, 3.63) is 192 Å². The molecule has 6 aromatic rings. The van der Waals surface area contributed by atoms with Gasteiger partial charge in [0.15, 0.2) is 0 Å². The van der Waals surface area contributed by atoms with Gasteiger partial charge in [-0.2, -0.15) is 0 Å². The van der Waals surface area contributed by atoms with Gasteiger partial charge in [0.1, 0.15) is 0 Å². The first-order chi connectivity index (χ1) is 24.6. The van der Waals surface area contributed by atoms with Gasteiger partial charge in [0.05, 0.1) is 5.69 Å². The van der Waals surface area contributed by atoms with Gasteiger partial charge in [0, 0.05) is 16.8 Å². The first-order valence-corrected chi connectivity index (χ1v) is 18.0. The molecule has 0 fully saturated rings. The Hall–Kier alpha value is -5.66. The fourth-order valence-electron chi connectivity index (χ4n) is 7.45. The lowest BCUT2D eigenvalue weighted by Crippen LogP contribution is -2.21. The van der Waals surface area contributed by atoms with Crippen LogP contribution < -0.4 is 4.90 Å². The molecule has 0 radical (unpaired) electrons. The molecule has 1 nitrogen and oxygen atoms in total. The van der Waals surface area contributed by atoms with Gasteiger partial charge in [-0.1, -0.05) is 160 Å². The van der Waals surface area contributed by atoms with Crippen molar-refractivity contribution in [3.8, 4) is 0 Å². The predicted molar refractivity (Wildman–Crippen MR) is 220 cm³/mol. The van der Waals surface area contributed by atoms with Crippen LogP contribution >= 0.6 is 0 Å². The van der Waals surface area contributed by atoms with Crippen LogP contribution in [-0.2, 0) is 6.42 Å². The molecule has 6 aromatic carbocycles. The van der Waals surface area contributed by atoms with E-state index in [0.717, 1.165) is 37.0 Å². The van der Waals surface area contributed by atoms with Crippen LogP contribution in [0.25, 0.3) is 49.5 Å². The quantitative estimate of drug-likeness (QED) is 0.106. The molecule has 50 heavy (non-hydrogen) atoms. The summed E-state index contributed by atoms with van der Waals surface area (Å²) in [6.45, 7) is 11.2. The van der Waals surface area contributed by atoms with Crippen molar-refractivity contribution in [2.75, 3.05) is 4.90 Å². The summed E-state index contributed by atoms with van der Waals surface area (Å²) in [6.07, 6.45) is 19.9. The summed E-state index contributed by atoms with van der Waals surface area (Å²) in [7, 11) is 0. The topological polar surface area (TPSA) is 3.24 Å². The van der Waals surface area contributed by atoms with E-state index in [-0.39, 0.29) is 0 Å². The first-order valence-electron chi connectivity index (χ1n) is 18.0. The molecule has 0 unspecified atom stereocenters. The molecular formula is C49H45N. The Bertz CT molecular complexity index is 2370. The second-order valence-electron chi connectivity index (χ2n) is 13.0. The maximum Gasteiger partial charge on any atom is 0.0543 e. The minimum atomic E-state index is 0.854. The van der Waals surface area contributed by atoms with Crippen LogP contribution in [0.15, 0.2) is 170 Å². The average Bonchev–Trinajstić information content (AvgIpc) is 3.18. The van der Waals surface area contributed by atoms with Gasteiger partial charge in [0.25, 0.3) is 0 Å². The van der Waals surface area contributed by atoms with Gasteiger partial charge in [-0.25, -0.2) is 0 Å². The summed E-state index contributed by atoms with van der Waals surface area (Å²) in [5.74, 6) is 0. The van der Waals surface area contributed by atoms with Gasteiger partial charge >= 0.3 is 0 Å². The maximum absolute atomic E-state index is 4.57. The van der Waals surface area contributed by atoms with Gasteiger partial charge in [-0.15, -0.1) is 0 Å². The first kappa shape index (κ1) is 32.9. The summed E-state index contributed by atoms with van der Waals surface area (Å²) in [5, 5.41) is 7.55. The molecule has 0 saturated heterocycles. The summed E-state index contributed by atoms with van der Waals surface area (Å²) in [4.78, 5) is 2.46. The molecule has 0 N–H and O–H groups in total. The van der Waals surface area contributed by atoms with Crippen LogP contribution in [0.1, 0.15) is 62.3 Å². The highest BCUT2D eigenvalue weighted by Crippen LogP contribution is 2.39. The fourth-order valence-corrected chi connectivity index (χ4v) is 7.45. The van der Waals surface area contributed by atoms with Crippen molar-refractivity contribution < 1.29 is 0 Å². The zero-order valence-electron chi connectivity index (χ0n) is 29.5. The fraction of sp³-hybridized carbons (Fsp3) is 0.143. The summed E-state index contributed by atoms with van der Waals surface area (Å²) < 4.78 is 0. The molecule has 0 saturated carbocycles. The van der Waals surface area contributed by atoms with Crippen molar-refractivity contribution in [2.24, 2.45) is 0 Å². The van der Waals surface area contributed by atoms with Crippen LogP contribution in [0.2, 0.25) is 0 Å². The van der Waals surface area contributed by atoms with Gasteiger partial charge in [-0.05, 0) is 111 Å². The number of fused-ring (bicyclic) bond motifs is 5. The van der Waals surface area contributed by atoms with E-state index in [2.05, 4.69) is 190 Å². The lowest BCUT2D eigenvalue weighted by Gasteiger charge is -2.30. The molecule has 0 bridgehead atoms. The number of rotatable bonds is 10. The number of benzene rings is 6. The Kier molecular flexibility index (Phi) is 9.76. The van der Waals surface area contributed by atoms with E-state index >= 15 is 0 Å². The third-order valence-electron chi connectivity index (χ3n) is 10.0. The summed E-state index contributed by atoms with van der Waals surface area (Å²) in [5.41, 5.74) is 11.0. The Balaban J connectivity index is 1.39. The predicted octanol–water partition coefficient (Wildman–Crippen LogP) is 13.9. The molecule has 7 rings (SSSR count). The van der Waals surface area contributed by atoms with E-state index in [4.69, 9.17) is 0 Å². The molecule has 0 heterocycles. The summed E-state index contributed by atoms with van der Waals surface area (Å²) in [6, 6.07) is 41.9. The van der Waals surface area contributed by atoms with E-state index in [1.807, 2.05) is 0 Å². The van der Waals surface area contributed by atoms with Crippen LogP contribution in [0.5, 0.6) is 0 Å². The molecule has 0 amide bonds. The lowest BCUT2D eigenvalue weighted by molar-refractivity contribution is 0.984. The Labute approximate surface area is 297 Å². The molecule has 1 heteroatoms. The normalized spacial score (nSPS) is 13.8. The maximum atomic E-state index is 4.57. The highest BCUT2D eigenvalue weighted by atomic mass is 15.2. The third-order valence-corrected chi connectivity index (χ3v) is 10.0. The van der Waals surface area contributed by atoms with E-state index < -0.39 is 0 Å². The number of aryl methyl sites for hydroxylation is 1. The zero-order valence-corrected chi connectivity index (χ0v) is 29.5. The second-order valence-corrected chi connectivity index (χ2v) is 13.0.